The molecule has 7 nitrogen and oxygen atoms in total. The zero-order valence-corrected chi connectivity index (χ0v) is 20.9. The number of hydrogen-bond donors (Lipinski definition) is 2. The minimum atomic E-state index is -0.582. The van der Waals surface area contributed by atoms with E-state index in [4.69, 9.17) is 14.5 Å². The van der Waals surface area contributed by atoms with E-state index < -0.39 is 12.0 Å². The third-order valence-corrected chi connectivity index (χ3v) is 6.30. The van der Waals surface area contributed by atoms with E-state index in [-0.39, 0.29) is 18.3 Å². The van der Waals surface area contributed by atoms with Crippen molar-refractivity contribution in [2.45, 2.75) is 13.0 Å². The smallest absolute Gasteiger partial charge is 0.338 e. The molecule has 3 aromatic rings. The summed E-state index contributed by atoms with van der Waals surface area (Å²) in [5.74, 6) is 0.0648. The molecule has 1 atom stereocenters. The molecule has 0 saturated carbocycles. The second-order valence-electron chi connectivity index (χ2n) is 7.78. The van der Waals surface area contributed by atoms with Gasteiger partial charge in [0.1, 0.15) is 11.8 Å². The Hall–Kier alpha value is -4.04. The molecule has 184 valence electrons. The van der Waals surface area contributed by atoms with Gasteiger partial charge in [0.05, 0.1) is 36.4 Å². The molecule has 1 amide bonds. The number of ether oxygens (including phenoxy) is 2. The Morgan fingerprint density at radius 3 is 2.33 bits per heavy atom. The van der Waals surface area contributed by atoms with Crippen LogP contribution in [0.25, 0.3) is 5.70 Å². The summed E-state index contributed by atoms with van der Waals surface area (Å²) in [7, 11) is 1.56. The van der Waals surface area contributed by atoms with Gasteiger partial charge in [-0.2, -0.15) is 0 Å². The number of rotatable bonds is 8. The zero-order chi connectivity index (χ0) is 25.3. The summed E-state index contributed by atoms with van der Waals surface area (Å²) >= 11 is 1.26. The molecule has 3 aromatic carbocycles. The molecule has 1 aliphatic heterocycles. The molecule has 0 fully saturated rings. The Kier molecular flexibility index (Phi) is 8.41. The number of anilines is 1. The largest absolute Gasteiger partial charge is 0.495 e. The second-order valence-corrected chi connectivity index (χ2v) is 8.75. The first kappa shape index (κ1) is 25.1. The highest BCUT2D eigenvalue weighted by Gasteiger charge is 2.32. The first-order valence-corrected chi connectivity index (χ1v) is 12.5. The lowest BCUT2D eigenvalue weighted by Gasteiger charge is -2.27. The van der Waals surface area contributed by atoms with E-state index in [1.165, 1.54) is 11.8 Å². The Bertz CT molecular complexity index is 1280. The number of aliphatic imine (C=N–C) groups is 1. The maximum Gasteiger partial charge on any atom is 0.338 e. The molecule has 0 spiro atoms. The Morgan fingerprint density at radius 1 is 0.972 bits per heavy atom. The minimum absolute atomic E-state index is 0.113. The van der Waals surface area contributed by atoms with E-state index in [1.54, 1.807) is 26.2 Å². The third kappa shape index (κ3) is 5.95. The number of amides is 1. The van der Waals surface area contributed by atoms with Gasteiger partial charge in [-0.1, -0.05) is 84.6 Å². The average molecular weight is 502 g/mol. The first-order chi connectivity index (χ1) is 17.6. The molecule has 1 heterocycles. The summed E-state index contributed by atoms with van der Waals surface area (Å²) in [6, 6.07) is 25.8. The summed E-state index contributed by atoms with van der Waals surface area (Å²) in [5, 5.41) is 6.70. The highest BCUT2D eigenvalue weighted by molar-refractivity contribution is 8.14. The Labute approximate surface area is 214 Å². The number of amidine groups is 1. The molecule has 36 heavy (non-hydrogen) atoms. The maximum absolute atomic E-state index is 13.1. The second kappa shape index (κ2) is 12.1. The van der Waals surface area contributed by atoms with Crippen molar-refractivity contribution in [1.82, 2.24) is 5.32 Å². The zero-order valence-electron chi connectivity index (χ0n) is 20.1. The van der Waals surface area contributed by atoms with Gasteiger partial charge >= 0.3 is 5.97 Å². The van der Waals surface area contributed by atoms with Gasteiger partial charge in [-0.3, -0.25) is 4.79 Å². The molecule has 0 radical (unpaired) electrons. The summed E-state index contributed by atoms with van der Waals surface area (Å²) in [6.45, 7) is 2.03. The molecular formula is C28H27N3O4S. The number of nitrogens with zero attached hydrogens (tertiary/aromatic N) is 1. The fraction of sp³-hybridized carbons (Fsp3) is 0.179. The van der Waals surface area contributed by atoms with Gasteiger partial charge in [-0.25, -0.2) is 9.79 Å². The van der Waals surface area contributed by atoms with Crippen LogP contribution in [0.2, 0.25) is 0 Å². The number of benzene rings is 3. The van der Waals surface area contributed by atoms with E-state index in [2.05, 4.69) is 10.6 Å². The number of hydrogen-bond acceptors (Lipinski definition) is 7. The number of para-hydroxylation sites is 2. The number of carbonyl (C=O) groups is 2. The molecule has 0 bridgehead atoms. The van der Waals surface area contributed by atoms with Crippen LogP contribution in [0.4, 0.5) is 5.69 Å². The molecule has 0 unspecified atom stereocenters. The predicted octanol–water partition coefficient (Wildman–Crippen LogP) is 5.04. The van der Waals surface area contributed by atoms with Crippen molar-refractivity contribution in [3.05, 3.63) is 102 Å². The van der Waals surface area contributed by atoms with Crippen molar-refractivity contribution >= 4 is 40.2 Å². The molecule has 2 N–H and O–H groups in total. The van der Waals surface area contributed by atoms with Crippen LogP contribution < -0.4 is 15.4 Å². The summed E-state index contributed by atoms with van der Waals surface area (Å²) in [5.41, 5.74) is 3.32. The molecule has 0 aromatic heterocycles. The summed E-state index contributed by atoms with van der Waals surface area (Å²) in [4.78, 5) is 30.7. The van der Waals surface area contributed by atoms with Gasteiger partial charge in [0.25, 0.3) is 0 Å². The van der Waals surface area contributed by atoms with Gasteiger partial charge in [0.15, 0.2) is 5.17 Å². The number of esters is 1. The van der Waals surface area contributed by atoms with Gasteiger partial charge in [0.2, 0.25) is 5.91 Å². The number of methoxy groups -OCH3 is 1. The van der Waals surface area contributed by atoms with E-state index in [0.717, 1.165) is 11.1 Å². The van der Waals surface area contributed by atoms with Crippen molar-refractivity contribution in [2.24, 2.45) is 4.99 Å². The van der Waals surface area contributed by atoms with Crippen LogP contribution >= 0.6 is 11.8 Å². The van der Waals surface area contributed by atoms with Crippen LogP contribution in [0.5, 0.6) is 5.75 Å². The normalized spacial score (nSPS) is 14.9. The Balaban J connectivity index is 1.63. The molecule has 1 aliphatic rings. The van der Waals surface area contributed by atoms with Crippen molar-refractivity contribution in [3.63, 3.8) is 0 Å². The van der Waals surface area contributed by atoms with E-state index in [1.807, 2.05) is 72.8 Å². The predicted molar refractivity (Wildman–Crippen MR) is 144 cm³/mol. The van der Waals surface area contributed by atoms with Crippen LogP contribution in [0.1, 0.15) is 24.1 Å². The monoisotopic (exact) mass is 501 g/mol. The highest BCUT2D eigenvalue weighted by Crippen LogP contribution is 2.36. The number of nitrogens with one attached hydrogen (secondary N) is 2. The van der Waals surface area contributed by atoms with Crippen molar-refractivity contribution in [1.29, 1.82) is 0 Å². The average Bonchev–Trinajstić information content (AvgIpc) is 2.92. The van der Waals surface area contributed by atoms with Gasteiger partial charge in [-0.05, 0) is 30.2 Å². The van der Waals surface area contributed by atoms with Crippen molar-refractivity contribution in [2.75, 3.05) is 24.8 Å². The van der Waals surface area contributed by atoms with E-state index in [0.29, 0.717) is 27.9 Å². The molecule has 0 aliphatic carbocycles. The van der Waals surface area contributed by atoms with Crippen LogP contribution in [-0.2, 0) is 14.3 Å². The first-order valence-electron chi connectivity index (χ1n) is 11.5. The van der Waals surface area contributed by atoms with Gasteiger partial charge < -0.3 is 20.1 Å². The van der Waals surface area contributed by atoms with Crippen LogP contribution in [-0.4, -0.2) is 36.5 Å². The van der Waals surface area contributed by atoms with Gasteiger partial charge in [0, 0.05) is 0 Å². The number of thioether (sulfide) groups is 1. The maximum atomic E-state index is 13.1. The quantitative estimate of drug-likeness (QED) is 0.421. The van der Waals surface area contributed by atoms with Crippen LogP contribution in [0.3, 0.4) is 0 Å². The number of carbonyl (C=O) groups excluding carboxylic acids is 2. The van der Waals surface area contributed by atoms with Crippen LogP contribution in [0.15, 0.2) is 95.5 Å². The standard InChI is InChI=1S/C28H27N3O4S/c1-3-35-27(33)24-25(19-12-6-4-7-13-19)30-28(31-26(24)20-14-8-5-9-15-20)36-18-23(32)29-21-16-10-11-17-22(21)34-2/h4-17,25H,3,18H2,1-2H3,(H,29,32)(H,30,31)/t25-/m0/s1. The fourth-order valence-electron chi connectivity index (χ4n) is 3.80. The van der Waals surface area contributed by atoms with Gasteiger partial charge in [-0.15, -0.1) is 0 Å². The van der Waals surface area contributed by atoms with Crippen LogP contribution in [0, 0.1) is 0 Å². The topological polar surface area (TPSA) is 89.0 Å². The lowest BCUT2D eigenvalue weighted by Crippen LogP contribution is -2.31. The van der Waals surface area contributed by atoms with Crippen molar-refractivity contribution < 1.29 is 19.1 Å². The lowest BCUT2D eigenvalue weighted by atomic mass is 9.94. The molecular weight excluding hydrogens is 474 g/mol. The van der Waals surface area contributed by atoms with E-state index >= 15 is 0 Å². The minimum Gasteiger partial charge on any atom is -0.495 e. The Morgan fingerprint density at radius 2 is 1.64 bits per heavy atom. The molecule has 4 rings (SSSR count). The summed E-state index contributed by atoms with van der Waals surface area (Å²) < 4.78 is 10.7. The lowest BCUT2D eigenvalue weighted by molar-refractivity contribution is -0.138. The van der Waals surface area contributed by atoms with Crippen molar-refractivity contribution in [3.8, 4) is 5.75 Å². The van der Waals surface area contributed by atoms with E-state index in [9.17, 15) is 9.59 Å². The molecule has 8 heteroatoms. The molecule has 0 saturated heterocycles. The highest BCUT2D eigenvalue weighted by atomic mass is 32.2. The summed E-state index contributed by atoms with van der Waals surface area (Å²) in [6.07, 6.45) is 0. The third-order valence-electron chi connectivity index (χ3n) is 5.42. The fourth-order valence-corrected chi connectivity index (χ4v) is 4.49. The SMILES string of the molecule is CCOC(=O)C1=C(c2ccccc2)NC(SCC(=O)Nc2ccccc2OC)=N[C@H]1c1ccccc1.